The average Bonchev–Trinajstić information content (AvgIpc) is 2.40. The lowest BCUT2D eigenvalue weighted by molar-refractivity contribution is 0.205. The normalized spacial score (nSPS) is 9.56. The van der Waals surface area contributed by atoms with Crippen molar-refractivity contribution in [2.24, 2.45) is 0 Å². The van der Waals surface area contributed by atoms with E-state index in [2.05, 4.69) is 11.9 Å². The molecule has 0 bridgehead atoms. The number of para-hydroxylation sites is 1. The van der Waals surface area contributed by atoms with Crippen LogP contribution in [0.25, 0.3) is 5.70 Å². The van der Waals surface area contributed by atoms with Gasteiger partial charge in [-0.05, 0) is 17.7 Å². The zero-order valence-corrected chi connectivity index (χ0v) is 9.80. The van der Waals surface area contributed by atoms with Crippen LogP contribution in [0.2, 0.25) is 0 Å². The third-order valence-corrected chi connectivity index (χ3v) is 2.33. The number of nitrogens with one attached hydrogen (secondary N) is 1. The van der Waals surface area contributed by atoms with Crippen molar-refractivity contribution in [2.75, 3.05) is 0 Å². The number of carbonyl (C=O) groups excluding carboxylic acids is 1. The molecule has 18 heavy (non-hydrogen) atoms. The molecule has 0 aliphatic rings. The number of hydrogen-bond acceptors (Lipinski definition) is 2. The molecular weight excluding hydrogens is 226 g/mol. The van der Waals surface area contributed by atoms with Gasteiger partial charge in [-0.2, -0.15) is 0 Å². The Kier molecular flexibility index (Phi) is 3.76. The summed E-state index contributed by atoms with van der Waals surface area (Å²) in [4.78, 5) is 11.6. The SMILES string of the molecule is C=C(NC(=O)Oc1ccccc1)c1ccccc1. The zero-order valence-electron chi connectivity index (χ0n) is 9.80. The maximum Gasteiger partial charge on any atom is 0.417 e. The molecular formula is C15H13NO2. The first-order valence-corrected chi connectivity index (χ1v) is 5.54. The summed E-state index contributed by atoms with van der Waals surface area (Å²) in [5.41, 5.74) is 1.36. The first-order valence-electron chi connectivity index (χ1n) is 5.54. The highest BCUT2D eigenvalue weighted by Crippen LogP contribution is 2.11. The van der Waals surface area contributed by atoms with Gasteiger partial charge in [-0.15, -0.1) is 0 Å². The average molecular weight is 239 g/mol. The second kappa shape index (κ2) is 5.68. The van der Waals surface area contributed by atoms with Gasteiger partial charge in [-0.25, -0.2) is 4.79 Å². The summed E-state index contributed by atoms with van der Waals surface area (Å²) in [5.74, 6) is 0.496. The van der Waals surface area contributed by atoms with Gasteiger partial charge in [-0.3, -0.25) is 5.32 Å². The minimum absolute atomic E-state index is 0.496. The lowest BCUT2D eigenvalue weighted by atomic mass is 10.2. The molecule has 0 unspecified atom stereocenters. The van der Waals surface area contributed by atoms with Crippen LogP contribution in [-0.4, -0.2) is 6.09 Å². The largest absolute Gasteiger partial charge is 0.417 e. The summed E-state index contributed by atoms with van der Waals surface area (Å²) in [6.07, 6.45) is -0.546. The van der Waals surface area contributed by atoms with Crippen molar-refractivity contribution in [3.63, 3.8) is 0 Å². The van der Waals surface area contributed by atoms with Crippen molar-refractivity contribution < 1.29 is 9.53 Å². The number of carbonyl (C=O) groups is 1. The highest BCUT2D eigenvalue weighted by Gasteiger charge is 2.06. The fourth-order valence-electron chi connectivity index (χ4n) is 1.46. The molecule has 0 heterocycles. The predicted molar refractivity (Wildman–Crippen MR) is 71.1 cm³/mol. The van der Waals surface area contributed by atoms with Crippen molar-refractivity contribution in [2.45, 2.75) is 0 Å². The van der Waals surface area contributed by atoms with Gasteiger partial charge in [0.1, 0.15) is 5.75 Å². The van der Waals surface area contributed by atoms with Gasteiger partial charge in [-0.1, -0.05) is 55.1 Å². The van der Waals surface area contributed by atoms with E-state index in [-0.39, 0.29) is 0 Å². The van der Waals surface area contributed by atoms with Crippen molar-refractivity contribution in [1.29, 1.82) is 0 Å². The second-order valence-electron chi connectivity index (χ2n) is 3.67. The van der Waals surface area contributed by atoms with E-state index in [1.165, 1.54) is 0 Å². The van der Waals surface area contributed by atoms with E-state index >= 15 is 0 Å². The Labute approximate surface area is 106 Å². The highest BCUT2D eigenvalue weighted by molar-refractivity contribution is 5.82. The molecule has 0 aliphatic heterocycles. The summed E-state index contributed by atoms with van der Waals surface area (Å²) in [7, 11) is 0. The topological polar surface area (TPSA) is 38.3 Å². The molecule has 3 nitrogen and oxygen atoms in total. The molecule has 1 amide bonds. The molecule has 0 aromatic heterocycles. The molecule has 2 aromatic carbocycles. The lowest BCUT2D eigenvalue weighted by Gasteiger charge is -2.08. The van der Waals surface area contributed by atoms with E-state index < -0.39 is 6.09 Å². The van der Waals surface area contributed by atoms with Crippen LogP contribution in [0.5, 0.6) is 5.75 Å². The highest BCUT2D eigenvalue weighted by atomic mass is 16.6. The Morgan fingerprint density at radius 2 is 1.50 bits per heavy atom. The standard InChI is InChI=1S/C15H13NO2/c1-12(13-8-4-2-5-9-13)16-15(17)18-14-10-6-3-7-11-14/h2-11H,1H2,(H,16,17). The maximum atomic E-state index is 11.6. The molecule has 2 aromatic rings. The van der Waals surface area contributed by atoms with E-state index in [1.54, 1.807) is 24.3 Å². The van der Waals surface area contributed by atoms with Gasteiger partial charge < -0.3 is 4.74 Å². The van der Waals surface area contributed by atoms with Crippen LogP contribution in [-0.2, 0) is 0 Å². The summed E-state index contributed by atoms with van der Waals surface area (Å²) >= 11 is 0. The Hall–Kier alpha value is -2.55. The molecule has 0 atom stereocenters. The van der Waals surface area contributed by atoms with Crippen LogP contribution in [0.1, 0.15) is 5.56 Å². The van der Waals surface area contributed by atoms with Crippen molar-refractivity contribution >= 4 is 11.8 Å². The van der Waals surface area contributed by atoms with Crippen molar-refractivity contribution in [3.05, 3.63) is 72.8 Å². The first-order chi connectivity index (χ1) is 8.75. The molecule has 90 valence electrons. The summed E-state index contributed by atoms with van der Waals surface area (Å²) in [6.45, 7) is 3.79. The third kappa shape index (κ3) is 3.22. The van der Waals surface area contributed by atoms with E-state index in [9.17, 15) is 4.79 Å². The Morgan fingerprint density at radius 1 is 0.944 bits per heavy atom. The fraction of sp³-hybridized carbons (Fsp3) is 0. The Morgan fingerprint density at radius 3 is 2.11 bits per heavy atom. The minimum Gasteiger partial charge on any atom is -0.410 e. The minimum atomic E-state index is -0.546. The van der Waals surface area contributed by atoms with Crippen LogP contribution in [0.4, 0.5) is 4.79 Å². The smallest absolute Gasteiger partial charge is 0.410 e. The van der Waals surface area contributed by atoms with Crippen LogP contribution in [0, 0.1) is 0 Å². The van der Waals surface area contributed by atoms with Crippen LogP contribution < -0.4 is 10.1 Å². The molecule has 2 rings (SSSR count). The van der Waals surface area contributed by atoms with E-state index in [0.717, 1.165) is 5.56 Å². The molecule has 0 radical (unpaired) electrons. The summed E-state index contributed by atoms with van der Waals surface area (Å²) in [6, 6.07) is 18.3. The maximum absolute atomic E-state index is 11.6. The first kappa shape index (κ1) is 11.9. The van der Waals surface area contributed by atoms with Gasteiger partial charge in [0.25, 0.3) is 0 Å². The number of rotatable bonds is 3. The van der Waals surface area contributed by atoms with Gasteiger partial charge in [0.15, 0.2) is 0 Å². The van der Waals surface area contributed by atoms with Gasteiger partial charge in [0.05, 0.1) is 0 Å². The molecule has 3 heteroatoms. The number of hydrogen-bond donors (Lipinski definition) is 1. The van der Waals surface area contributed by atoms with E-state index in [0.29, 0.717) is 11.4 Å². The van der Waals surface area contributed by atoms with E-state index in [4.69, 9.17) is 4.74 Å². The lowest BCUT2D eigenvalue weighted by Crippen LogP contribution is -2.24. The van der Waals surface area contributed by atoms with Crippen LogP contribution in [0.15, 0.2) is 67.2 Å². The quantitative estimate of drug-likeness (QED) is 0.890. The van der Waals surface area contributed by atoms with Crippen molar-refractivity contribution in [1.82, 2.24) is 5.32 Å². The number of amides is 1. The summed E-state index contributed by atoms with van der Waals surface area (Å²) in [5, 5.41) is 2.59. The molecule has 0 saturated carbocycles. The van der Waals surface area contributed by atoms with Gasteiger partial charge >= 0.3 is 6.09 Å². The summed E-state index contributed by atoms with van der Waals surface area (Å²) < 4.78 is 5.10. The monoisotopic (exact) mass is 239 g/mol. The molecule has 0 fully saturated rings. The zero-order chi connectivity index (χ0) is 12.8. The van der Waals surface area contributed by atoms with Crippen LogP contribution in [0.3, 0.4) is 0 Å². The molecule has 0 aliphatic carbocycles. The third-order valence-electron chi connectivity index (χ3n) is 2.33. The van der Waals surface area contributed by atoms with Gasteiger partial charge in [0, 0.05) is 5.70 Å². The fourth-order valence-corrected chi connectivity index (χ4v) is 1.46. The van der Waals surface area contributed by atoms with Crippen LogP contribution >= 0.6 is 0 Å². The number of benzene rings is 2. The van der Waals surface area contributed by atoms with Crippen molar-refractivity contribution in [3.8, 4) is 5.75 Å². The molecule has 0 saturated heterocycles. The predicted octanol–water partition coefficient (Wildman–Crippen LogP) is 3.45. The Balaban J connectivity index is 1.94. The Bertz CT molecular complexity index is 535. The second-order valence-corrected chi connectivity index (χ2v) is 3.67. The number of ether oxygens (including phenoxy) is 1. The van der Waals surface area contributed by atoms with Gasteiger partial charge in [0.2, 0.25) is 0 Å². The molecule has 0 spiro atoms. The van der Waals surface area contributed by atoms with E-state index in [1.807, 2.05) is 36.4 Å². The molecule has 1 N–H and O–H groups in total.